The topological polar surface area (TPSA) is 114 Å². The van der Waals surface area contributed by atoms with E-state index in [1.54, 1.807) is 6.07 Å². The van der Waals surface area contributed by atoms with E-state index in [-0.39, 0.29) is 22.8 Å². The maximum absolute atomic E-state index is 13.9. The molecule has 0 radical (unpaired) electrons. The van der Waals surface area contributed by atoms with Crippen LogP contribution in [0.3, 0.4) is 0 Å². The molecule has 0 atom stereocenters. The summed E-state index contributed by atoms with van der Waals surface area (Å²) in [4.78, 5) is -0.835. The molecule has 2 aromatic carbocycles. The Kier molecular flexibility index (Phi) is 4.31. The average Bonchev–Trinajstić information content (AvgIpc) is 2.98. The first-order valence-corrected chi connectivity index (χ1v) is 8.63. The highest BCUT2D eigenvalue weighted by molar-refractivity contribution is 7.92. The van der Waals surface area contributed by atoms with Crippen molar-refractivity contribution >= 4 is 21.5 Å². The van der Waals surface area contributed by atoms with Crippen molar-refractivity contribution in [3.63, 3.8) is 0 Å². The maximum Gasteiger partial charge on any atom is 0.264 e. The van der Waals surface area contributed by atoms with Crippen LogP contribution in [0.4, 0.5) is 20.3 Å². The van der Waals surface area contributed by atoms with E-state index in [9.17, 15) is 17.2 Å². The monoisotopic (exact) mass is 375 g/mol. The molecule has 0 amide bonds. The smallest absolute Gasteiger partial charge is 0.264 e. The van der Waals surface area contributed by atoms with E-state index < -0.39 is 26.6 Å². The third-order valence-corrected chi connectivity index (χ3v) is 4.89. The Morgan fingerprint density at radius 2 is 1.88 bits per heavy atom. The van der Waals surface area contributed by atoms with Gasteiger partial charge in [0.25, 0.3) is 10.0 Å². The molecule has 0 aliphatic rings. The maximum atomic E-state index is 13.9. The van der Waals surface area contributed by atoms with Crippen LogP contribution in [0.5, 0.6) is 0 Å². The van der Waals surface area contributed by atoms with Crippen molar-refractivity contribution in [3.05, 3.63) is 65.9 Å². The van der Waals surface area contributed by atoms with Gasteiger partial charge in [-0.25, -0.2) is 21.9 Å². The molecule has 1 aromatic heterocycles. The van der Waals surface area contributed by atoms with Crippen LogP contribution in [0.15, 0.2) is 53.6 Å². The molecule has 1 heterocycles. The number of para-hydroxylation sites is 2. The minimum Gasteiger partial charge on any atom is -0.382 e. The molecule has 3 rings (SSSR count). The second-order valence-electron chi connectivity index (χ2n) is 5.14. The zero-order valence-corrected chi connectivity index (χ0v) is 13.8. The molecule has 132 valence electrons. The van der Waals surface area contributed by atoms with Gasteiger partial charge in [0.05, 0.1) is 17.6 Å². The molecule has 3 N–H and O–H groups in total. The van der Waals surface area contributed by atoms with E-state index in [1.165, 1.54) is 29.1 Å². The fourth-order valence-electron chi connectivity index (χ4n) is 2.27. The predicted octanol–water partition coefficient (Wildman–Crippen LogP) is 2.41. The van der Waals surface area contributed by atoms with E-state index in [4.69, 9.17) is 11.0 Å². The predicted molar refractivity (Wildman–Crippen MR) is 89.9 cm³/mol. The van der Waals surface area contributed by atoms with Gasteiger partial charge < -0.3 is 5.73 Å². The Morgan fingerprint density at radius 3 is 2.58 bits per heavy atom. The minimum atomic E-state index is -4.42. The minimum absolute atomic E-state index is 0.0103. The summed E-state index contributed by atoms with van der Waals surface area (Å²) in [6.45, 7) is 0. The van der Waals surface area contributed by atoms with Gasteiger partial charge in [-0.15, -0.1) is 0 Å². The number of sulfonamides is 1. The van der Waals surface area contributed by atoms with Gasteiger partial charge in [0.1, 0.15) is 22.3 Å². The van der Waals surface area contributed by atoms with Crippen LogP contribution in [-0.4, -0.2) is 18.2 Å². The van der Waals surface area contributed by atoms with Crippen LogP contribution in [-0.2, 0) is 10.0 Å². The van der Waals surface area contributed by atoms with Gasteiger partial charge in [0, 0.05) is 0 Å². The highest BCUT2D eigenvalue weighted by Crippen LogP contribution is 2.27. The quantitative estimate of drug-likeness (QED) is 0.727. The normalized spacial score (nSPS) is 11.1. The van der Waals surface area contributed by atoms with Crippen molar-refractivity contribution in [2.24, 2.45) is 0 Å². The third-order valence-electron chi connectivity index (χ3n) is 3.51. The second kappa shape index (κ2) is 6.45. The largest absolute Gasteiger partial charge is 0.382 e. The van der Waals surface area contributed by atoms with Crippen molar-refractivity contribution in [1.29, 1.82) is 5.26 Å². The van der Waals surface area contributed by atoms with Crippen molar-refractivity contribution in [2.75, 3.05) is 10.5 Å². The van der Waals surface area contributed by atoms with Gasteiger partial charge in [0.2, 0.25) is 0 Å². The number of anilines is 2. The summed E-state index contributed by atoms with van der Waals surface area (Å²) in [7, 11) is -4.42. The van der Waals surface area contributed by atoms with E-state index >= 15 is 0 Å². The number of nitriles is 1. The fraction of sp³-hybridized carbons (Fsp3) is 0. The third kappa shape index (κ3) is 2.96. The van der Waals surface area contributed by atoms with E-state index in [0.29, 0.717) is 0 Å². The molecule has 0 saturated carbocycles. The molecular formula is C16H11F2N5O2S. The second-order valence-corrected chi connectivity index (χ2v) is 6.79. The van der Waals surface area contributed by atoms with Crippen LogP contribution in [0.2, 0.25) is 0 Å². The number of nitrogens with two attached hydrogens (primary N) is 1. The summed E-state index contributed by atoms with van der Waals surface area (Å²) >= 11 is 0. The number of hydrogen-bond donors (Lipinski definition) is 2. The number of rotatable bonds is 4. The Bertz CT molecular complexity index is 1140. The Balaban J connectivity index is 2.08. The summed E-state index contributed by atoms with van der Waals surface area (Å²) < 4.78 is 55.5. The number of nitrogen functional groups attached to an aromatic ring is 1. The van der Waals surface area contributed by atoms with Gasteiger partial charge >= 0.3 is 0 Å². The van der Waals surface area contributed by atoms with Crippen LogP contribution < -0.4 is 10.5 Å². The van der Waals surface area contributed by atoms with Crippen LogP contribution >= 0.6 is 0 Å². The van der Waals surface area contributed by atoms with Crippen molar-refractivity contribution in [2.45, 2.75) is 4.90 Å². The molecule has 0 saturated heterocycles. The summed E-state index contributed by atoms with van der Waals surface area (Å²) in [6, 6.07) is 10.7. The van der Waals surface area contributed by atoms with Crippen molar-refractivity contribution < 1.29 is 17.2 Å². The SMILES string of the molecule is N#Cc1cnn(-c2ccccc2NS(=O)(=O)c2cccc(F)c2F)c1N. The Hall–Kier alpha value is -3.45. The number of nitrogens with zero attached hydrogens (tertiary/aromatic N) is 3. The van der Waals surface area contributed by atoms with Crippen LogP contribution in [0.25, 0.3) is 5.69 Å². The van der Waals surface area contributed by atoms with E-state index in [1.807, 2.05) is 6.07 Å². The Labute approximate surface area is 147 Å². The lowest BCUT2D eigenvalue weighted by Crippen LogP contribution is -2.17. The first-order valence-electron chi connectivity index (χ1n) is 7.15. The summed E-state index contributed by atoms with van der Waals surface area (Å²) in [5.41, 5.74) is 6.17. The molecule has 0 aliphatic carbocycles. The number of hydrogen-bond acceptors (Lipinski definition) is 5. The lowest BCUT2D eigenvalue weighted by atomic mass is 10.2. The van der Waals surface area contributed by atoms with Crippen molar-refractivity contribution in [3.8, 4) is 11.8 Å². The molecule has 10 heteroatoms. The number of benzene rings is 2. The summed E-state index contributed by atoms with van der Waals surface area (Å²) in [6.07, 6.45) is 1.23. The molecule has 0 bridgehead atoms. The van der Waals surface area contributed by atoms with Gasteiger partial charge in [-0.1, -0.05) is 18.2 Å². The fourth-order valence-corrected chi connectivity index (χ4v) is 3.44. The van der Waals surface area contributed by atoms with Crippen LogP contribution in [0.1, 0.15) is 5.56 Å². The molecule has 0 spiro atoms. The average molecular weight is 375 g/mol. The van der Waals surface area contributed by atoms with E-state index in [2.05, 4.69) is 9.82 Å². The first-order chi connectivity index (χ1) is 12.3. The molecule has 0 fully saturated rings. The van der Waals surface area contributed by atoms with Crippen LogP contribution in [0, 0.1) is 23.0 Å². The molecule has 0 aliphatic heterocycles. The van der Waals surface area contributed by atoms with Gasteiger partial charge in [-0.2, -0.15) is 10.4 Å². The molecular weight excluding hydrogens is 364 g/mol. The zero-order chi connectivity index (χ0) is 18.9. The molecule has 0 unspecified atom stereocenters. The lowest BCUT2D eigenvalue weighted by molar-refractivity contribution is 0.485. The molecule has 26 heavy (non-hydrogen) atoms. The highest BCUT2D eigenvalue weighted by atomic mass is 32.2. The van der Waals surface area contributed by atoms with Gasteiger partial charge in [0.15, 0.2) is 11.6 Å². The summed E-state index contributed by atoms with van der Waals surface area (Å²) in [5.74, 6) is -2.75. The van der Waals surface area contributed by atoms with Crippen molar-refractivity contribution in [1.82, 2.24) is 9.78 Å². The van der Waals surface area contributed by atoms with Gasteiger partial charge in [-0.05, 0) is 24.3 Å². The standard InChI is InChI=1S/C16H11F2N5O2S/c17-11-4-3-7-14(15(11)18)26(24,25)22-12-5-1-2-6-13(12)23-16(20)10(8-19)9-21-23/h1-7,9,22H,20H2. The lowest BCUT2D eigenvalue weighted by Gasteiger charge is -2.14. The Morgan fingerprint density at radius 1 is 1.15 bits per heavy atom. The number of halogens is 2. The van der Waals surface area contributed by atoms with Gasteiger partial charge in [-0.3, -0.25) is 4.72 Å². The number of nitrogens with one attached hydrogen (secondary N) is 1. The zero-order valence-electron chi connectivity index (χ0n) is 13.0. The number of aromatic nitrogens is 2. The molecule has 7 nitrogen and oxygen atoms in total. The summed E-state index contributed by atoms with van der Waals surface area (Å²) in [5, 5.41) is 12.9. The van der Waals surface area contributed by atoms with E-state index in [0.717, 1.165) is 18.2 Å². The first kappa shape index (κ1) is 17.4. The molecule has 3 aromatic rings. The highest BCUT2D eigenvalue weighted by Gasteiger charge is 2.23.